The molecule has 1 heterocycles. The maximum absolute atomic E-state index is 12.8. The summed E-state index contributed by atoms with van der Waals surface area (Å²) in [4.78, 5) is 25.1. The number of rotatable bonds is 10. The van der Waals surface area contributed by atoms with Crippen LogP contribution in [0.5, 0.6) is 11.5 Å². The Morgan fingerprint density at radius 1 is 1.00 bits per heavy atom. The molecule has 0 spiro atoms. The Bertz CT molecular complexity index is 802. The Balaban J connectivity index is 2.10. The number of hydrogen-bond acceptors (Lipinski definition) is 5. The molecule has 0 radical (unpaired) electrons. The minimum absolute atomic E-state index is 0.0968. The zero-order valence-electron chi connectivity index (χ0n) is 17.7. The Hall–Kier alpha value is -2.96. The van der Waals surface area contributed by atoms with Crippen LogP contribution < -0.4 is 20.1 Å². The predicted octanol–water partition coefficient (Wildman–Crippen LogP) is 3.71. The summed E-state index contributed by atoms with van der Waals surface area (Å²) in [7, 11) is 0. The second kappa shape index (κ2) is 10.5. The van der Waals surface area contributed by atoms with Gasteiger partial charge in [-0.3, -0.25) is 9.59 Å². The maximum atomic E-state index is 12.8. The van der Waals surface area contributed by atoms with Gasteiger partial charge in [-0.1, -0.05) is 19.9 Å². The number of ether oxygens (including phenoxy) is 2. The molecule has 0 saturated carbocycles. The highest BCUT2D eigenvalue weighted by molar-refractivity contribution is 5.95. The SMILES string of the molecule is CCOc1ccc(C(C)NC(=O)[C@@H](NC(=O)c2ccco2)C(C)C)cc1OCC. The lowest BCUT2D eigenvalue weighted by Crippen LogP contribution is -2.50. The highest BCUT2D eigenvalue weighted by Crippen LogP contribution is 2.30. The fourth-order valence-electron chi connectivity index (χ4n) is 2.88. The third kappa shape index (κ3) is 6.01. The molecule has 0 aliphatic heterocycles. The van der Waals surface area contributed by atoms with Crippen molar-refractivity contribution < 1.29 is 23.5 Å². The second-order valence-corrected chi connectivity index (χ2v) is 6.97. The average Bonchev–Trinajstić information content (AvgIpc) is 3.22. The van der Waals surface area contributed by atoms with Gasteiger partial charge in [0, 0.05) is 0 Å². The van der Waals surface area contributed by atoms with Crippen LogP contribution in [-0.2, 0) is 4.79 Å². The van der Waals surface area contributed by atoms with E-state index < -0.39 is 11.9 Å². The van der Waals surface area contributed by atoms with E-state index in [0.29, 0.717) is 24.7 Å². The zero-order chi connectivity index (χ0) is 21.4. The van der Waals surface area contributed by atoms with Crippen LogP contribution in [0.1, 0.15) is 56.8 Å². The molecule has 7 nitrogen and oxygen atoms in total. The van der Waals surface area contributed by atoms with E-state index in [9.17, 15) is 9.59 Å². The molecule has 29 heavy (non-hydrogen) atoms. The van der Waals surface area contributed by atoms with Crippen LogP contribution in [0.4, 0.5) is 0 Å². The van der Waals surface area contributed by atoms with Gasteiger partial charge in [-0.2, -0.15) is 0 Å². The molecule has 2 rings (SSSR count). The summed E-state index contributed by atoms with van der Waals surface area (Å²) in [6.07, 6.45) is 1.42. The van der Waals surface area contributed by atoms with Crippen molar-refractivity contribution in [2.24, 2.45) is 5.92 Å². The van der Waals surface area contributed by atoms with Crippen LogP contribution in [0.15, 0.2) is 41.0 Å². The topological polar surface area (TPSA) is 89.8 Å². The summed E-state index contributed by atoms with van der Waals surface area (Å²) >= 11 is 0. The number of amides is 2. The predicted molar refractivity (Wildman–Crippen MR) is 110 cm³/mol. The van der Waals surface area contributed by atoms with E-state index in [0.717, 1.165) is 5.56 Å². The van der Waals surface area contributed by atoms with Gasteiger partial charge in [-0.15, -0.1) is 0 Å². The van der Waals surface area contributed by atoms with Crippen molar-refractivity contribution in [2.75, 3.05) is 13.2 Å². The lowest BCUT2D eigenvalue weighted by atomic mass is 10.0. The first-order valence-electron chi connectivity index (χ1n) is 9.91. The first kappa shape index (κ1) is 22.3. The first-order chi connectivity index (χ1) is 13.9. The van der Waals surface area contributed by atoms with E-state index >= 15 is 0 Å². The smallest absolute Gasteiger partial charge is 0.287 e. The highest BCUT2D eigenvalue weighted by atomic mass is 16.5. The molecule has 7 heteroatoms. The van der Waals surface area contributed by atoms with Crippen molar-refractivity contribution in [2.45, 2.75) is 46.7 Å². The lowest BCUT2D eigenvalue weighted by Gasteiger charge is -2.24. The van der Waals surface area contributed by atoms with E-state index in [1.807, 2.05) is 52.8 Å². The molecule has 0 aliphatic carbocycles. The van der Waals surface area contributed by atoms with Crippen molar-refractivity contribution in [3.05, 3.63) is 47.9 Å². The molecule has 158 valence electrons. The van der Waals surface area contributed by atoms with E-state index in [1.165, 1.54) is 6.26 Å². The summed E-state index contributed by atoms with van der Waals surface area (Å²) in [5, 5.41) is 5.71. The van der Waals surface area contributed by atoms with Gasteiger partial charge in [-0.25, -0.2) is 0 Å². The van der Waals surface area contributed by atoms with E-state index in [2.05, 4.69) is 10.6 Å². The van der Waals surface area contributed by atoms with E-state index in [4.69, 9.17) is 13.9 Å². The summed E-state index contributed by atoms with van der Waals surface area (Å²) < 4.78 is 16.3. The first-order valence-corrected chi connectivity index (χ1v) is 9.91. The number of carbonyl (C=O) groups is 2. The Labute approximate surface area is 171 Å². The fourth-order valence-corrected chi connectivity index (χ4v) is 2.88. The molecule has 2 aromatic rings. The van der Waals surface area contributed by atoms with Crippen molar-refractivity contribution in [3.8, 4) is 11.5 Å². The molecule has 2 amide bonds. The largest absolute Gasteiger partial charge is 0.490 e. The monoisotopic (exact) mass is 402 g/mol. The van der Waals surface area contributed by atoms with E-state index in [1.54, 1.807) is 12.1 Å². The lowest BCUT2D eigenvalue weighted by molar-refractivity contribution is -0.124. The minimum atomic E-state index is -0.691. The quantitative estimate of drug-likeness (QED) is 0.632. The van der Waals surface area contributed by atoms with Crippen LogP contribution in [0.3, 0.4) is 0 Å². The number of carbonyl (C=O) groups excluding carboxylic acids is 2. The summed E-state index contributed by atoms with van der Waals surface area (Å²) in [6, 6.07) is 7.81. The third-order valence-electron chi connectivity index (χ3n) is 4.41. The molecule has 1 unspecified atom stereocenters. The Kier molecular flexibility index (Phi) is 8.12. The summed E-state index contributed by atoms with van der Waals surface area (Å²) in [5.41, 5.74) is 0.880. The standard InChI is InChI=1S/C22H30N2O5/c1-6-27-17-11-10-16(13-19(17)28-7-2)15(5)23-22(26)20(14(3)4)24-21(25)18-9-8-12-29-18/h8-15,20H,6-7H2,1-5H3,(H,23,26)(H,24,25)/t15?,20-/m0/s1. The van der Waals surface area contributed by atoms with Crippen LogP contribution >= 0.6 is 0 Å². The summed E-state index contributed by atoms with van der Waals surface area (Å²) in [5.74, 6) is 0.696. The van der Waals surface area contributed by atoms with Crippen molar-refractivity contribution in [1.82, 2.24) is 10.6 Å². The van der Waals surface area contributed by atoms with Crippen LogP contribution in [0, 0.1) is 5.92 Å². The molecule has 0 fully saturated rings. The maximum Gasteiger partial charge on any atom is 0.287 e. The van der Waals surface area contributed by atoms with E-state index in [-0.39, 0.29) is 23.6 Å². The number of benzene rings is 1. The molecule has 1 aromatic carbocycles. The molecule has 0 saturated heterocycles. The second-order valence-electron chi connectivity index (χ2n) is 6.97. The number of furan rings is 1. The van der Waals surface area contributed by atoms with Gasteiger partial charge in [0.05, 0.1) is 25.5 Å². The normalized spacial score (nSPS) is 12.9. The van der Waals surface area contributed by atoms with Crippen molar-refractivity contribution in [1.29, 1.82) is 0 Å². The highest BCUT2D eigenvalue weighted by Gasteiger charge is 2.27. The zero-order valence-corrected chi connectivity index (χ0v) is 17.7. The Morgan fingerprint density at radius 3 is 2.28 bits per heavy atom. The molecule has 1 aromatic heterocycles. The molecule has 2 atom stereocenters. The molecular weight excluding hydrogens is 372 g/mol. The van der Waals surface area contributed by atoms with Crippen LogP contribution in [-0.4, -0.2) is 31.1 Å². The molecular formula is C22H30N2O5. The third-order valence-corrected chi connectivity index (χ3v) is 4.41. The van der Waals surface area contributed by atoms with Gasteiger partial charge >= 0.3 is 0 Å². The van der Waals surface area contributed by atoms with Gasteiger partial charge < -0.3 is 24.5 Å². The molecule has 2 N–H and O–H groups in total. The average molecular weight is 402 g/mol. The van der Waals surface area contributed by atoms with Crippen LogP contribution in [0.25, 0.3) is 0 Å². The van der Waals surface area contributed by atoms with Gasteiger partial charge in [0.2, 0.25) is 5.91 Å². The van der Waals surface area contributed by atoms with Gasteiger partial charge in [0.15, 0.2) is 17.3 Å². The fraction of sp³-hybridized carbons (Fsp3) is 0.455. The molecule has 0 aliphatic rings. The number of nitrogens with one attached hydrogen (secondary N) is 2. The Morgan fingerprint density at radius 2 is 1.69 bits per heavy atom. The van der Waals surface area contributed by atoms with Gasteiger partial charge in [0.1, 0.15) is 6.04 Å². The van der Waals surface area contributed by atoms with Gasteiger partial charge in [0.25, 0.3) is 5.91 Å². The van der Waals surface area contributed by atoms with Crippen molar-refractivity contribution >= 4 is 11.8 Å². The van der Waals surface area contributed by atoms with Crippen molar-refractivity contribution in [3.63, 3.8) is 0 Å². The van der Waals surface area contributed by atoms with Crippen LogP contribution in [0.2, 0.25) is 0 Å². The minimum Gasteiger partial charge on any atom is -0.490 e. The molecule has 0 bridgehead atoms. The summed E-state index contributed by atoms with van der Waals surface area (Å²) in [6.45, 7) is 10.5. The van der Waals surface area contributed by atoms with Gasteiger partial charge in [-0.05, 0) is 56.5 Å². The number of hydrogen-bond donors (Lipinski definition) is 2.